The Morgan fingerprint density at radius 3 is 2.82 bits per heavy atom. The third-order valence-electron chi connectivity index (χ3n) is 6.12. The Morgan fingerprint density at radius 1 is 1.14 bits per heavy atom. The Hall–Kier alpha value is -2.95. The van der Waals surface area contributed by atoms with Crippen molar-refractivity contribution in [3.63, 3.8) is 0 Å². The number of benzene rings is 1. The highest BCUT2D eigenvalue weighted by atomic mass is 19.1. The van der Waals surface area contributed by atoms with Gasteiger partial charge in [-0.05, 0) is 49.6 Å². The van der Waals surface area contributed by atoms with Crippen molar-refractivity contribution in [2.24, 2.45) is 0 Å². The molecular formula is C23H23FN4. The second-order valence-corrected chi connectivity index (χ2v) is 7.86. The molecule has 5 heteroatoms. The molecule has 2 N–H and O–H groups in total. The molecule has 1 saturated carbocycles. The van der Waals surface area contributed by atoms with Gasteiger partial charge in [0.15, 0.2) is 0 Å². The number of H-pyrrole nitrogens is 1. The summed E-state index contributed by atoms with van der Waals surface area (Å²) in [6.45, 7) is 4.00. The summed E-state index contributed by atoms with van der Waals surface area (Å²) in [4.78, 5) is 13.2. The number of aromatic amines is 1. The highest BCUT2D eigenvalue weighted by molar-refractivity contribution is 5.94. The van der Waals surface area contributed by atoms with Crippen molar-refractivity contribution in [1.29, 1.82) is 0 Å². The van der Waals surface area contributed by atoms with Crippen molar-refractivity contribution < 1.29 is 4.39 Å². The van der Waals surface area contributed by atoms with Gasteiger partial charge in [-0.2, -0.15) is 0 Å². The monoisotopic (exact) mass is 374 g/mol. The van der Waals surface area contributed by atoms with Crippen LogP contribution < -0.4 is 5.32 Å². The van der Waals surface area contributed by atoms with E-state index in [0.717, 1.165) is 47.6 Å². The van der Waals surface area contributed by atoms with Crippen LogP contribution in [0.5, 0.6) is 0 Å². The number of imidazole rings is 1. The third-order valence-corrected chi connectivity index (χ3v) is 6.12. The van der Waals surface area contributed by atoms with Crippen LogP contribution in [0.15, 0.2) is 49.2 Å². The van der Waals surface area contributed by atoms with Crippen LogP contribution in [0.25, 0.3) is 22.5 Å². The standard InChI is InChI=1S/C23H23FN4/c1-2-10-23(11-4-3-5-12-23)22-27-19-16-9-8-15(24)14-18(16)26-21-17(20(19)28-22)7-6-13-25-21/h2,6-9,13-14H,1,3-5,10-12H2,(H,25,26)(H,27,28). The second kappa shape index (κ2) is 6.59. The summed E-state index contributed by atoms with van der Waals surface area (Å²) in [5, 5.41) is 3.28. The van der Waals surface area contributed by atoms with E-state index in [2.05, 4.69) is 21.9 Å². The van der Waals surface area contributed by atoms with E-state index in [-0.39, 0.29) is 11.2 Å². The van der Waals surface area contributed by atoms with Gasteiger partial charge in [-0.15, -0.1) is 6.58 Å². The number of nitrogens with one attached hydrogen (secondary N) is 2. The lowest BCUT2D eigenvalue weighted by Gasteiger charge is -2.34. The number of aromatic nitrogens is 3. The summed E-state index contributed by atoms with van der Waals surface area (Å²) < 4.78 is 13.9. The first-order valence-electron chi connectivity index (χ1n) is 9.94. The van der Waals surface area contributed by atoms with E-state index in [0.29, 0.717) is 11.5 Å². The molecule has 1 aliphatic carbocycles. The molecule has 0 saturated heterocycles. The van der Waals surface area contributed by atoms with E-state index in [1.807, 2.05) is 18.2 Å². The first-order chi connectivity index (χ1) is 13.7. The third kappa shape index (κ3) is 2.65. The molecule has 3 aromatic rings. The molecule has 0 atom stereocenters. The quantitative estimate of drug-likeness (QED) is 0.425. The molecule has 28 heavy (non-hydrogen) atoms. The molecule has 0 spiro atoms. The number of fused-ring (bicyclic) bond motifs is 5. The summed E-state index contributed by atoms with van der Waals surface area (Å²) >= 11 is 0. The summed E-state index contributed by atoms with van der Waals surface area (Å²) in [7, 11) is 0. The highest BCUT2D eigenvalue weighted by Gasteiger charge is 2.37. The summed E-state index contributed by atoms with van der Waals surface area (Å²) in [6, 6.07) is 8.74. The minimum absolute atomic E-state index is 0.00217. The van der Waals surface area contributed by atoms with Crippen LogP contribution in [0.2, 0.25) is 0 Å². The van der Waals surface area contributed by atoms with Crippen molar-refractivity contribution in [2.75, 3.05) is 5.32 Å². The lowest BCUT2D eigenvalue weighted by molar-refractivity contribution is 0.282. The van der Waals surface area contributed by atoms with Crippen LogP contribution in [0.1, 0.15) is 44.3 Å². The maximum atomic E-state index is 13.9. The first-order valence-corrected chi connectivity index (χ1v) is 9.94. The minimum atomic E-state index is -0.279. The van der Waals surface area contributed by atoms with Crippen LogP contribution in [-0.2, 0) is 5.41 Å². The van der Waals surface area contributed by atoms with Gasteiger partial charge in [-0.1, -0.05) is 25.3 Å². The molecule has 3 heterocycles. The van der Waals surface area contributed by atoms with Gasteiger partial charge in [-0.3, -0.25) is 0 Å². The lowest BCUT2D eigenvalue weighted by Crippen LogP contribution is -2.29. The normalized spacial score (nSPS) is 16.9. The van der Waals surface area contributed by atoms with Crippen molar-refractivity contribution in [1.82, 2.24) is 15.0 Å². The maximum Gasteiger partial charge on any atom is 0.139 e. The van der Waals surface area contributed by atoms with Crippen LogP contribution in [-0.4, -0.2) is 15.0 Å². The Kier molecular flexibility index (Phi) is 4.04. The van der Waals surface area contributed by atoms with E-state index in [4.69, 9.17) is 4.98 Å². The van der Waals surface area contributed by atoms with Gasteiger partial charge in [-0.25, -0.2) is 14.4 Å². The average Bonchev–Trinajstić information content (AvgIpc) is 3.10. The number of hydrogen-bond donors (Lipinski definition) is 2. The van der Waals surface area contributed by atoms with Gasteiger partial charge in [0.25, 0.3) is 0 Å². The molecule has 0 unspecified atom stereocenters. The summed E-state index contributed by atoms with van der Waals surface area (Å²) in [6.07, 6.45) is 10.6. The van der Waals surface area contributed by atoms with Crippen molar-refractivity contribution in [2.45, 2.75) is 43.9 Å². The van der Waals surface area contributed by atoms with Crippen molar-refractivity contribution >= 4 is 11.5 Å². The van der Waals surface area contributed by atoms with Gasteiger partial charge in [0.05, 0.1) is 17.1 Å². The van der Waals surface area contributed by atoms with Crippen LogP contribution >= 0.6 is 0 Å². The number of nitrogens with zero attached hydrogens (tertiary/aromatic N) is 2. The zero-order valence-electron chi connectivity index (χ0n) is 15.8. The second-order valence-electron chi connectivity index (χ2n) is 7.86. The Bertz CT molecular complexity index is 1050. The highest BCUT2D eigenvalue weighted by Crippen LogP contribution is 2.47. The molecular weight excluding hydrogens is 351 g/mol. The lowest BCUT2D eigenvalue weighted by atomic mass is 9.71. The Morgan fingerprint density at radius 2 is 2.00 bits per heavy atom. The maximum absolute atomic E-state index is 13.9. The van der Waals surface area contributed by atoms with Gasteiger partial charge < -0.3 is 10.3 Å². The number of rotatable bonds is 3. The molecule has 0 bridgehead atoms. The van der Waals surface area contributed by atoms with E-state index >= 15 is 0 Å². The predicted molar refractivity (Wildman–Crippen MR) is 110 cm³/mol. The van der Waals surface area contributed by atoms with E-state index in [9.17, 15) is 4.39 Å². The average molecular weight is 374 g/mol. The predicted octanol–water partition coefficient (Wildman–Crippen LogP) is 6.11. The van der Waals surface area contributed by atoms with E-state index in [1.165, 1.54) is 31.4 Å². The number of halogens is 1. The Labute approximate surface area is 163 Å². The van der Waals surface area contributed by atoms with Gasteiger partial charge in [0, 0.05) is 22.7 Å². The largest absolute Gasteiger partial charge is 0.341 e. The molecule has 1 aliphatic heterocycles. The molecule has 2 aromatic heterocycles. The van der Waals surface area contributed by atoms with E-state index < -0.39 is 0 Å². The zero-order valence-corrected chi connectivity index (χ0v) is 15.8. The van der Waals surface area contributed by atoms with Crippen molar-refractivity contribution in [3.8, 4) is 22.5 Å². The number of pyridine rings is 1. The molecule has 2 aliphatic rings. The summed E-state index contributed by atoms with van der Waals surface area (Å²) in [5.41, 5.74) is 4.35. The van der Waals surface area contributed by atoms with Crippen molar-refractivity contribution in [3.05, 3.63) is 60.8 Å². The van der Waals surface area contributed by atoms with Crippen LogP contribution in [0.3, 0.4) is 0 Å². The fourth-order valence-corrected chi connectivity index (χ4v) is 4.72. The molecule has 4 nitrogen and oxygen atoms in total. The molecule has 0 amide bonds. The molecule has 1 fully saturated rings. The molecule has 142 valence electrons. The fourth-order valence-electron chi connectivity index (χ4n) is 4.72. The van der Waals surface area contributed by atoms with Gasteiger partial charge in [0.2, 0.25) is 0 Å². The van der Waals surface area contributed by atoms with E-state index in [1.54, 1.807) is 12.3 Å². The number of hydrogen-bond acceptors (Lipinski definition) is 3. The Balaban J connectivity index is 1.75. The topological polar surface area (TPSA) is 53.6 Å². The summed E-state index contributed by atoms with van der Waals surface area (Å²) in [5.74, 6) is 1.45. The smallest absolute Gasteiger partial charge is 0.139 e. The number of allylic oxidation sites excluding steroid dienone is 1. The van der Waals surface area contributed by atoms with Gasteiger partial charge in [0.1, 0.15) is 17.5 Å². The molecule has 5 rings (SSSR count). The van der Waals surface area contributed by atoms with Crippen LogP contribution in [0, 0.1) is 5.82 Å². The SMILES string of the molecule is C=CCC1(c2nc3c([nH]2)-c2cccnc2Nc2cc(F)ccc2-3)CCCCC1. The zero-order chi connectivity index (χ0) is 19.1. The number of anilines is 2. The van der Waals surface area contributed by atoms with Crippen LogP contribution in [0.4, 0.5) is 15.9 Å². The molecule has 0 radical (unpaired) electrons. The fraction of sp³-hybridized carbons (Fsp3) is 0.304. The van der Waals surface area contributed by atoms with Gasteiger partial charge >= 0.3 is 0 Å². The first kappa shape index (κ1) is 17.2. The minimum Gasteiger partial charge on any atom is -0.341 e. The molecule has 1 aromatic carbocycles.